The summed E-state index contributed by atoms with van der Waals surface area (Å²) in [6.07, 6.45) is 3.31. The molecule has 2 heterocycles. The number of pyridine rings is 2. The van der Waals surface area contributed by atoms with E-state index >= 15 is 0 Å². The minimum Gasteiger partial charge on any atom is -0.386 e. The molecule has 6 heteroatoms. The lowest BCUT2D eigenvalue weighted by Gasteiger charge is -2.13. The monoisotopic (exact) mass is 264 g/mol. The zero-order valence-corrected chi connectivity index (χ0v) is 10.8. The number of amides is 1. The van der Waals surface area contributed by atoms with Gasteiger partial charge in [0.15, 0.2) is 0 Å². The van der Waals surface area contributed by atoms with Crippen LogP contribution < -0.4 is 11.1 Å². The lowest BCUT2D eigenvalue weighted by atomic mass is 10.0. The number of hydrogen-bond donors (Lipinski definition) is 2. The first kappa shape index (κ1) is 12.6. The highest BCUT2D eigenvalue weighted by Gasteiger charge is 2.18. The minimum absolute atomic E-state index is 0.357. The maximum atomic E-state index is 11.3. The van der Waals surface area contributed by atoms with Crippen molar-refractivity contribution in [3.8, 4) is 0 Å². The van der Waals surface area contributed by atoms with Crippen LogP contribution in [0.25, 0.3) is 10.8 Å². The standard InChI is InChI=1S/C12H13ClN4O/c1-6(12(14)18)11-7-3-10(13)16-4-8(7)9(15-2)5-17-11/h3-6,15H,1-2H3,(H2,14,18). The van der Waals surface area contributed by atoms with Crippen LogP contribution in [-0.4, -0.2) is 22.9 Å². The van der Waals surface area contributed by atoms with E-state index in [0.717, 1.165) is 16.5 Å². The molecule has 0 fully saturated rings. The predicted octanol–water partition coefficient (Wildman–Crippen LogP) is 1.91. The second-order valence-electron chi connectivity index (χ2n) is 3.98. The van der Waals surface area contributed by atoms with E-state index in [1.165, 1.54) is 0 Å². The first-order valence-electron chi connectivity index (χ1n) is 5.45. The number of carbonyl (C=O) groups is 1. The van der Waals surface area contributed by atoms with E-state index in [4.69, 9.17) is 17.3 Å². The fraction of sp³-hybridized carbons (Fsp3) is 0.250. The molecule has 0 aliphatic rings. The van der Waals surface area contributed by atoms with Crippen molar-refractivity contribution in [2.24, 2.45) is 5.73 Å². The van der Waals surface area contributed by atoms with Crippen LogP contribution in [0.15, 0.2) is 18.5 Å². The fourth-order valence-corrected chi connectivity index (χ4v) is 1.97. The molecule has 5 nitrogen and oxygen atoms in total. The average molecular weight is 265 g/mol. The van der Waals surface area contributed by atoms with Gasteiger partial charge in [-0.1, -0.05) is 11.6 Å². The predicted molar refractivity (Wildman–Crippen MR) is 71.7 cm³/mol. The van der Waals surface area contributed by atoms with Crippen molar-refractivity contribution in [1.82, 2.24) is 9.97 Å². The summed E-state index contributed by atoms with van der Waals surface area (Å²) >= 11 is 5.89. The summed E-state index contributed by atoms with van der Waals surface area (Å²) < 4.78 is 0. The molecule has 2 aromatic heterocycles. The van der Waals surface area contributed by atoms with Gasteiger partial charge in [-0.05, 0) is 13.0 Å². The molecule has 1 unspecified atom stereocenters. The lowest BCUT2D eigenvalue weighted by Crippen LogP contribution is -2.20. The zero-order chi connectivity index (χ0) is 13.3. The molecule has 0 aromatic carbocycles. The second kappa shape index (κ2) is 4.78. The Morgan fingerprint density at radius 2 is 2.11 bits per heavy atom. The van der Waals surface area contributed by atoms with Gasteiger partial charge in [-0.25, -0.2) is 4.98 Å². The van der Waals surface area contributed by atoms with E-state index < -0.39 is 11.8 Å². The largest absolute Gasteiger partial charge is 0.386 e. The maximum Gasteiger partial charge on any atom is 0.226 e. The maximum absolute atomic E-state index is 11.3. The number of halogens is 1. The van der Waals surface area contributed by atoms with E-state index in [-0.39, 0.29) is 0 Å². The quantitative estimate of drug-likeness (QED) is 0.830. The minimum atomic E-state index is -0.475. The number of nitrogens with one attached hydrogen (secondary N) is 1. The molecular formula is C12H13ClN4O. The van der Waals surface area contributed by atoms with Gasteiger partial charge in [-0.15, -0.1) is 0 Å². The molecule has 1 amide bonds. The number of fused-ring (bicyclic) bond motifs is 1. The van der Waals surface area contributed by atoms with E-state index in [1.54, 1.807) is 32.4 Å². The van der Waals surface area contributed by atoms with E-state index in [1.807, 2.05) is 0 Å². The highest BCUT2D eigenvalue weighted by Crippen LogP contribution is 2.29. The van der Waals surface area contributed by atoms with Gasteiger partial charge in [0.25, 0.3) is 0 Å². The summed E-state index contributed by atoms with van der Waals surface area (Å²) in [6, 6.07) is 1.69. The van der Waals surface area contributed by atoms with E-state index in [2.05, 4.69) is 15.3 Å². The lowest BCUT2D eigenvalue weighted by molar-refractivity contribution is -0.119. The Morgan fingerprint density at radius 3 is 2.72 bits per heavy atom. The van der Waals surface area contributed by atoms with Crippen LogP contribution in [0, 0.1) is 0 Å². The summed E-state index contributed by atoms with van der Waals surface area (Å²) in [4.78, 5) is 19.6. The average Bonchev–Trinajstić information content (AvgIpc) is 2.36. The van der Waals surface area contributed by atoms with Gasteiger partial charge in [0, 0.05) is 24.0 Å². The highest BCUT2D eigenvalue weighted by atomic mass is 35.5. The zero-order valence-electron chi connectivity index (χ0n) is 10.1. The van der Waals surface area contributed by atoms with Crippen molar-refractivity contribution in [1.29, 1.82) is 0 Å². The third-order valence-electron chi connectivity index (χ3n) is 2.88. The van der Waals surface area contributed by atoms with Gasteiger partial charge >= 0.3 is 0 Å². The molecule has 2 aromatic rings. The number of nitrogens with two attached hydrogens (primary N) is 1. The van der Waals surface area contributed by atoms with Crippen molar-refractivity contribution in [2.45, 2.75) is 12.8 Å². The van der Waals surface area contributed by atoms with Crippen LogP contribution in [0.4, 0.5) is 5.69 Å². The fourth-order valence-electron chi connectivity index (χ4n) is 1.81. The van der Waals surface area contributed by atoms with Crippen molar-refractivity contribution in [3.05, 3.63) is 29.3 Å². The number of anilines is 1. The molecule has 1 atom stereocenters. The number of primary amides is 1. The summed E-state index contributed by atoms with van der Waals surface area (Å²) in [5.74, 6) is -0.897. The molecule has 0 aliphatic carbocycles. The Labute approximate surface area is 109 Å². The number of carbonyl (C=O) groups excluding carboxylic acids is 1. The molecule has 0 spiro atoms. The van der Waals surface area contributed by atoms with Gasteiger partial charge in [0.2, 0.25) is 5.91 Å². The van der Waals surface area contributed by atoms with Gasteiger partial charge in [-0.2, -0.15) is 0 Å². The summed E-state index contributed by atoms with van der Waals surface area (Å²) in [7, 11) is 1.79. The smallest absolute Gasteiger partial charge is 0.226 e. The van der Waals surface area contributed by atoms with Crippen molar-refractivity contribution in [3.63, 3.8) is 0 Å². The Kier molecular flexibility index (Phi) is 3.34. The normalized spacial score (nSPS) is 12.4. The number of hydrogen-bond acceptors (Lipinski definition) is 4. The molecule has 94 valence electrons. The number of aromatic nitrogens is 2. The van der Waals surface area contributed by atoms with Crippen molar-refractivity contribution in [2.75, 3.05) is 12.4 Å². The SMILES string of the molecule is CNc1cnc(C(C)C(N)=O)c2cc(Cl)ncc12. The molecule has 2 rings (SSSR count). The third kappa shape index (κ3) is 2.09. The summed E-state index contributed by atoms with van der Waals surface area (Å²) in [5, 5.41) is 5.03. The molecule has 3 N–H and O–H groups in total. The molecule has 0 saturated heterocycles. The Morgan fingerprint density at radius 1 is 1.39 bits per heavy atom. The van der Waals surface area contributed by atoms with Gasteiger partial charge in [0.1, 0.15) is 5.15 Å². The topological polar surface area (TPSA) is 80.9 Å². The third-order valence-corrected chi connectivity index (χ3v) is 3.08. The molecule has 0 saturated carbocycles. The van der Waals surface area contributed by atoms with Gasteiger partial charge < -0.3 is 11.1 Å². The molecule has 0 radical (unpaired) electrons. The second-order valence-corrected chi connectivity index (χ2v) is 4.37. The molecular weight excluding hydrogens is 252 g/mol. The first-order valence-corrected chi connectivity index (χ1v) is 5.83. The first-order chi connectivity index (χ1) is 8.54. The number of rotatable bonds is 3. The van der Waals surface area contributed by atoms with Crippen LogP contribution in [0.1, 0.15) is 18.5 Å². The van der Waals surface area contributed by atoms with Crippen molar-refractivity contribution < 1.29 is 4.79 Å². The van der Waals surface area contributed by atoms with Crippen LogP contribution >= 0.6 is 11.6 Å². The summed E-state index contributed by atoms with van der Waals surface area (Å²) in [6.45, 7) is 1.72. The van der Waals surface area contributed by atoms with Crippen LogP contribution in [-0.2, 0) is 4.79 Å². The van der Waals surface area contributed by atoms with Crippen LogP contribution in [0.2, 0.25) is 5.15 Å². The van der Waals surface area contributed by atoms with Gasteiger partial charge in [-0.3, -0.25) is 9.78 Å². The summed E-state index contributed by atoms with van der Waals surface area (Å²) in [5.41, 5.74) is 6.76. The number of nitrogens with zero attached hydrogens (tertiary/aromatic N) is 2. The Hall–Kier alpha value is -1.88. The molecule has 18 heavy (non-hydrogen) atoms. The van der Waals surface area contributed by atoms with Crippen molar-refractivity contribution >= 4 is 34.0 Å². The Bertz CT molecular complexity index is 614. The molecule has 0 aliphatic heterocycles. The van der Waals surface area contributed by atoms with E-state index in [9.17, 15) is 4.79 Å². The van der Waals surface area contributed by atoms with Gasteiger partial charge in [0.05, 0.1) is 23.5 Å². The van der Waals surface area contributed by atoms with E-state index in [0.29, 0.717) is 10.8 Å². The van der Waals surface area contributed by atoms with Crippen LogP contribution in [0.3, 0.4) is 0 Å². The van der Waals surface area contributed by atoms with Crippen LogP contribution in [0.5, 0.6) is 0 Å². The highest BCUT2D eigenvalue weighted by molar-refractivity contribution is 6.30. The Balaban J connectivity index is 2.75. The molecule has 0 bridgehead atoms.